The van der Waals surface area contributed by atoms with Crippen molar-refractivity contribution in [3.63, 3.8) is 0 Å². The van der Waals surface area contributed by atoms with Gasteiger partial charge >= 0.3 is 0 Å². The number of hydrogen-bond donors (Lipinski definition) is 1. The predicted molar refractivity (Wildman–Crippen MR) is 75.9 cm³/mol. The molecule has 0 aliphatic heterocycles. The van der Waals surface area contributed by atoms with E-state index >= 15 is 0 Å². The van der Waals surface area contributed by atoms with Crippen molar-refractivity contribution in [2.24, 2.45) is 0 Å². The minimum Gasteiger partial charge on any atom is -0.494 e. The van der Waals surface area contributed by atoms with Gasteiger partial charge in [0.25, 0.3) is 0 Å². The van der Waals surface area contributed by atoms with Crippen molar-refractivity contribution in [2.45, 2.75) is 58.0 Å². The summed E-state index contributed by atoms with van der Waals surface area (Å²) in [6, 6.07) is 9.17. The maximum Gasteiger partial charge on any atom is 0.119 e. The van der Waals surface area contributed by atoms with Crippen LogP contribution in [0.2, 0.25) is 0 Å². The van der Waals surface area contributed by atoms with E-state index in [-0.39, 0.29) is 0 Å². The largest absolute Gasteiger partial charge is 0.494 e. The van der Waals surface area contributed by atoms with Crippen molar-refractivity contribution in [1.29, 1.82) is 0 Å². The summed E-state index contributed by atoms with van der Waals surface area (Å²) in [5, 5.41) is 3.69. The number of nitrogens with one attached hydrogen (secondary N) is 1. The van der Waals surface area contributed by atoms with Gasteiger partial charge in [-0.25, -0.2) is 0 Å². The minimum atomic E-state index is 0.721. The van der Waals surface area contributed by atoms with Crippen molar-refractivity contribution in [3.8, 4) is 5.75 Å². The zero-order valence-electron chi connectivity index (χ0n) is 11.5. The third kappa shape index (κ3) is 4.34. The van der Waals surface area contributed by atoms with Crippen molar-refractivity contribution < 1.29 is 4.74 Å². The molecule has 2 rings (SSSR count). The van der Waals surface area contributed by atoms with Gasteiger partial charge in [0.05, 0.1) is 6.61 Å². The topological polar surface area (TPSA) is 21.3 Å². The molecule has 100 valence electrons. The maximum atomic E-state index is 5.45. The lowest BCUT2D eigenvalue weighted by molar-refractivity contribution is 0.340. The van der Waals surface area contributed by atoms with Crippen LogP contribution in [0.25, 0.3) is 0 Å². The van der Waals surface area contributed by atoms with Crippen LogP contribution in [0.15, 0.2) is 24.3 Å². The Morgan fingerprint density at radius 1 is 1.06 bits per heavy atom. The second kappa shape index (κ2) is 7.42. The van der Waals surface area contributed by atoms with E-state index in [2.05, 4.69) is 29.6 Å². The Morgan fingerprint density at radius 2 is 1.72 bits per heavy atom. The van der Waals surface area contributed by atoms with Crippen molar-refractivity contribution >= 4 is 0 Å². The zero-order valence-corrected chi connectivity index (χ0v) is 11.5. The summed E-state index contributed by atoms with van der Waals surface area (Å²) in [4.78, 5) is 0. The molecule has 0 spiro atoms. The molecule has 0 amide bonds. The van der Waals surface area contributed by atoms with E-state index in [1.807, 2.05) is 6.92 Å². The lowest BCUT2D eigenvalue weighted by atomic mass is 10.1. The Labute approximate surface area is 111 Å². The molecule has 0 aromatic heterocycles. The van der Waals surface area contributed by atoms with Gasteiger partial charge in [0, 0.05) is 12.6 Å². The first kappa shape index (κ1) is 13.4. The molecular weight excluding hydrogens is 222 g/mol. The molecule has 1 N–H and O–H groups in total. The highest BCUT2D eigenvalue weighted by Crippen LogP contribution is 2.18. The molecule has 0 saturated heterocycles. The number of benzene rings is 1. The van der Waals surface area contributed by atoms with E-state index < -0.39 is 0 Å². The van der Waals surface area contributed by atoms with Crippen LogP contribution in [0, 0.1) is 0 Å². The molecule has 2 nitrogen and oxygen atoms in total. The highest BCUT2D eigenvalue weighted by Gasteiger charge is 2.11. The molecule has 0 heterocycles. The van der Waals surface area contributed by atoms with Gasteiger partial charge in [-0.2, -0.15) is 0 Å². The summed E-state index contributed by atoms with van der Waals surface area (Å²) < 4.78 is 5.45. The second-order valence-corrected chi connectivity index (χ2v) is 5.15. The molecule has 0 radical (unpaired) electrons. The maximum absolute atomic E-state index is 5.45. The summed E-state index contributed by atoms with van der Waals surface area (Å²) >= 11 is 0. The first-order valence-corrected chi connectivity index (χ1v) is 7.33. The molecule has 1 aromatic carbocycles. The van der Waals surface area contributed by atoms with E-state index in [4.69, 9.17) is 4.74 Å². The van der Waals surface area contributed by atoms with Crippen molar-refractivity contribution in [1.82, 2.24) is 5.32 Å². The number of hydrogen-bond acceptors (Lipinski definition) is 2. The standard InChI is InChI=1S/C16H25NO/c1-2-18-16-11-9-14(10-12-16)13-17-15-7-5-3-4-6-8-15/h9-12,15,17H,2-8,13H2,1H3. The molecule has 1 aromatic rings. The lowest BCUT2D eigenvalue weighted by Crippen LogP contribution is -2.27. The molecule has 2 heteroatoms. The van der Waals surface area contributed by atoms with Gasteiger partial charge in [-0.15, -0.1) is 0 Å². The quantitative estimate of drug-likeness (QED) is 0.797. The molecule has 0 unspecified atom stereocenters. The van der Waals surface area contributed by atoms with Gasteiger partial charge in [-0.05, 0) is 37.5 Å². The molecule has 0 bridgehead atoms. The molecule has 0 atom stereocenters. The van der Waals surface area contributed by atoms with Crippen LogP contribution < -0.4 is 10.1 Å². The highest BCUT2D eigenvalue weighted by molar-refractivity contribution is 5.27. The van der Waals surface area contributed by atoms with Gasteiger partial charge in [-0.1, -0.05) is 37.8 Å². The number of rotatable bonds is 5. The van der Waals surface area contributed by atoms with E-state index in [0.29, 0.717) is 0 Å². The van der Waals surface area contributed by atoms with E-state index in [9.17, 15) is 0 Å². The van der Waals surface area contributed by atoms with Crippen molar-refractivity contribution in [2.75, 3.05) is 6.61 Å². The van der Waals surface area contributed by atoms with Gasteiger partial charge < -0.3 is 10.1 Å². The van der Waals surface area contributed by atoms with Gasteiger partial charge in [-0.3, -0.25) is 0 Å². The molecular formula is C16H25NO. The molecule has 1 saturated carbocycles. The van der Waals surface area contributed by atoms with Crippen LogP contribution in [-0.4, -0.2) is 12.6 Å². The summed E-state index contributed by atoms with van der Waals surface area (Å²) in [6.07, 6.45) is 8.30. The smallest absolute Gasteiger partial charge is 0.119 e. The zero-order chi connectivity index (χ0) is 12.6. The fourth-order valence-corrected chi connectivity index (χ4v) is 2.62. The van der Waals surface area contributed by atoms with E-state index in [1.54, 1.807) is 0 Å². The monoisotopic (exact) mass is 247 g/mol. The second-order valence-electron chi connectivity index (χ2n) is 5.15. The fourth-order valence-electron chi connectivity index (χ4n) is 2.62. The third-order valence-corrected chi connectivity index (χ3v) is 3.68. The molecule has 1 aliphatic rings. The van der Waals surface area contributed by atoms with Crippen LogP contribution in [-0.2, 0) is 6.54 Å². The Morgan fingerprint density at radius 3 is 2.33 bits per heavy atom. The minimum absolute atomic E-state index is 0.721. The van der Waals surface area contributed by atoms with Crippen LogP contribution in [0.3, 0.4) is 0 Å². The third-order valence-electron chi connectivity index (χ3n) is 3.68. The van der Waals surface area contributed by atoms with Crippen LogP contribution in [0.5, 0.6) is 5.75 Å². The van der Waals surface area contributed by atoms with Gasteiger partial charge in [0.1, 0.15) is 5.75 Å². The predicted octanol–water partition coefficient (Wildman–Crippen LogP) is 3.90. The average molecular weight is 247 g/mol. The first-order chi connectivity index (χ1) is 8.88. The molecule has 1 aliphatic carbocycles. The Hall–Kier alpha value is -1.02. The fraction of sp³-hybridized carbons (Fsp3) is 0.625. The Bertz CT molecular complexity index is 325. The normalized spacial score (nSPS) is 17.4. The SMILES string of the molecule is CCOc1ccc(CNC2CCCCCC2)cc1. The van der Waals surface area contributed by atoms with Crippen molar-refractivity contribution in [3.05, 3.63) is 29.8 Å². The van der Waals surface area contributed by atoms with E-state index in [1.165, 1.54) is 44.1 Å². The van der Waals surface area contributed by atoms with Crippen LogP contribution in [0.1, 0.15) is 51.0 Å². The molecule has 1 fully saturated rings. The Kier molecular flexibility index (Phi) is 5.53. The van der Waals surface area contributed by atoms with Gasteiger partial charge in [0.15, 0.2) is 0 Å². The summed E-state index contributed by atoms with van der Waals surface area (Å²) in [5.74, 6) is 0.968. The first-order valence-electron chi connectivity index (χ1n) is 7.33. The highest BCUT2D eigenvalue weighted by atomic mass is 16.5. The van der Waals surface area contributed by atoms with Gasteiger partial charge in [0.2, 0.25) is 0 Å². The summed E-state index contributed by atoms with van der Waals surface area (Å²) in [5.41, 5.74) is 1.35. The van der Waals surface area contributed by atoms with E-state index in [0.717, 1.165) is 24.9 Å². The Balaban J connectivity index is 1.78. The summed E-state index contributed by atoms with van der Waals surface area (Å²) in [7, 11) is 0. The average Bonchev–Trinajstić information content (AvgIpc) is 2.67. The summed E-state index contributed by atoms with van der Waals surface area (Å²) in [6.45, 7) is 3.73. The van der Waals surface area contributed by atoms with Crippen LogP contribution in [0.4, 0.5) is 0 Å². The number of ether oxygens (including phenoxy) is 1. The lowest BCUT2D eigenvalue weighted by Gasteiger charge is -2.16. The van der Waals surface area contributed by atoms with Crippen LogP contribution >= 0.6 is 0 Å². The molecule has 18 heavy (non-hydrogen) atoms.